The number of halogens is 2. The van der Waals surface area contributed by atoms with Gasteiger partial charge in [-0.15, -0.1) is 0 Å². The Morgan fingerprint density at radius 3 is 2.15 bits per heavy atom. The van der Waals surface area contributed by atoms with E-state index in [1.807, 2.05) is 31.2 Å². The molecule has 0 bridgehead atoms. The first-order chi connectivity index (χ1) is 12.3. The van der Waals surface area contributed by atoms with E-state index in [4.69, 9.17) is 4.74 Å². The number of ether oxygens (including phenoxy) is 2. The van der Waals surface area contributed by atoms with E-state index in [-0.39, 0.29) is 23.1 Å². The molecule has 2 rings (SSSR count). The number of methoxy groups -OCH3 is 1. The summed E-state index contributed by atoms with van der Waals surface area (Å²) < 4.78 is 34.9. The molecule has 0 aliphatic carbocycles. The van der Waals surface area contributed by atoms with Crippen LogP contribution in [0.3, 0.4) is 0 Å². The predicted octanol–water partition coefficient (Wildman–Crippen LogP) is 4.91. The molecule has 6 heteroatoms. The first-order valence-corrected chi connectivity index (χ1v) is 8.36. The number of carbonyl (C=O) groups excluding carboxylic acids is 1. The highest BCUT2D eigenvalue weighted by Crippen LogP contribution is 2.32. The lowest BCUT2D eigenvalue weighted by atomic mass is 9.99. The summed E-state index contributed by atoms with van der Waals surface area (Å²) in [6.07, 6.45) is 0. The predicted molar refractivity (Wildman–Crippen MR) is 96.0 cm³/mol. The van der Waals surface area contributed by atoms with Gasteiger partial charge in [-0.25, -0.2) is 0 Å². The highest BCUT2D eigenvalue weighted by atomic mass is 19.3. The minimum Gasteiger partial charge on any atom is -0.493 e. The van der Waals surface area contributed by atoms with Gasteiger partial charge >= 0.3 is 6.61 Å². The van der Waals surface area contributed by atoms with Gasteiger partial charge in [-0.2, -0.15) is 8.78 Å². The molecular weight excluding hydrogens is 340 g/mol. The van der Waals surface area contributed by atoms with Gasteiger partial charge in [0.1, 0.15) is 0 Å². The normalized spacial score (nSPS) is 12.2. The van der Waals surface area contributed by atoms with E-state index in [0.717, 1.165) is 5.56 Å². The first kappa shape index (κ1) is 19.7. The standard InChI is InChI=1S/C20H23F2NO3/c1-12(2)14-8-10-15(11-9-14)13(3)23-19(24)16-6-5-7-17(25-4)18(16)26-20(21)22/h5-13,20H,1-4H3,(H,23,24). The van der Waals surface area contributed by atoms with E-state index in [9.17, 15) is 13.6 Å². The number of alkyl halides is 2. The van der Waals surface area contributed by atoms with Gasteiger partial charge in [-0.05, 0) is 36.1 Å². The van der Waals surface area contributed by atoms with Gasteiger partial charge in [-0.3, -0.25) is 4.79 Å². The maximum atomic E-state index is 12.7. The minimum atomic E-state index is -3.06. The minimum absolute atomic E-state index is 0.00435. The molecule has 0 spiro atoms. The molecular formula is C20H23F2NO3. The van der Waals surface area contributed by atoms with Crippen molar-refractivity contribution in [3.63, 3.8) is 0 Å². The van der Waals surface area contributed by atoms with Crippen LogP contribution in [0.25, 0.3) is 0 Å². The first-order valence-electron chi connectivity index (χ1n) is 8.36. The van der Waals surface area contributed by atoms with Crippen LogP contribution in [0, 0.1) is 0 Å². The third-order valence-corrected chi connectivity index (χ3v) is 4.10. The van der Waals surface area contributed by atoms with Crippen LogP contribution in [0.1, 0.15) is 54.2 Å². The molecule has 2 aromatic rings. The average Bonchev–Trinajstić information content (AvgIpc) is 2.61. The van der Waals surface area contributed by atoms with Crippen molar-refractivity contribution in [2.24, 2.45) is 0 Å². The second-order valence-corrected chi connectivity index (χ2v) is 6.23. The summed E-state index contributed by atoms with van der Waals surface area (Å²) in [5.41, 5.74) is 2.12. The van der Waals surface area contributed by atoms with Crippen LogP contribution in [0.5, 0.6) is 11.5 Å². The van der Waals surface area contributed by atoms with Crippen LogP contribution in [-0.2, 0) is 0 Å². The molecule has 1 unspecified atom stereocenters. The van der Waals surface area contributed by atoms with E-state index < -0.39 is 12.5 Å². The Balaban J connectivity index is 2.21. The van der Waals surface area contributed by atoms with Crippen LogP contribution in [0.2, 0.25) is 0 Å². The summed E-state index contributed by atoms with van der Waals surface area (Å²) in [4.78, 5) is 12.6. The lowest BCUT2D eigenvalue weighted by Crippen LogP contribution is -2.27. The molecule has 0 radical (unpaired) electrons. The van der Waals surface area contributed by atoms with Crippen molar-refractivity contribution in [3.05, 3.63) is 59.2 Å². The third-order valence-electron chi connectivity index (χ3n) is 4.10. The van der Waals surface area contributed by atoms with Gasteiger partial charge in [0.05, 0.1) is 18.7 Å². The monoisotopic (exact) mass is 363 g/mol. The zero-order chi connectivity index (χ0) is 19.3. The highest BCUT2D eigenvalue weighted by Gasteiger charge is 2.21. The van der Waals surface area contributed by atoms with E-state index in [1.54, 1.807) is 6.07 Å². The van der Waals surface area contributed by atoms with E-state index in [0.29, 0.717) is 5.92 Å². The van der Waals surface area contributed by atoms with Crippen molar-refractivity contribution in [2.45, 2.75) is 39.3 Å². The van der Waals surface area contributed by atoms with Crippen LogP contribution >= 0.6 is 0 Å². The average molecular weight is 363 g/mol. The molecule has 2 aromatic carbocycles. The molecule has 0 heterocycles. The Morgan fingerprint density at radius 2 is 1.62 bits per heavy atom. The molecule has 0 saturated carbocycles. The summed E-state index contributed by atoms with van der Waals surface area (Å²) in [6.45, 7) is 2.98. The van der Waals surface area contributed by atoms with Crippen molar-refractivity contribution in [1.29, 1.82) is 0 Å². The Kier molecular flexibility index (Phi) is 6.55. The third kappa shape index (κ3) is 4.71. The Bertz CT molecular complexity index is 745. The maximum Gasteiger partial charge on any atom is 0.387 e. The number of rotatable bonds is 7. The van der Waals surface area contributed by atoms with E-state index in [2.05, 4.69) is 23.9 Å². The van der Waals surface area contributed by atoms with Crippen molar-refractivity contribution < 1.29 is 23.0 Å². The summed E-state index contributed by atoms with van der Waals surface area (Å²) >= 11 is 0. The number of hydrogen-bond acceptors (Lipinski definition) is 3. The molecule has 1 atom stereocenters. The lowest BCUT2D eigenvalue weighted by Gasteiger charge is -2.18. The zero-order valence-corrected chi connectivity index (χ0v) is 15.3. The number of para-hydroxylation sites is 1. The van der Waals surface area contributed by atoms with E-state index in [1.165, 1.54) is 24.8 Å². The topological polar surface area (TPSA) is 47.6 Å². The highest BCUT2D eigenvalue weighted by molar-refractivity contribution is 5.98. The number of carbonyl (C=O) groups is 1. The summed E-state index contributed by atoms with van der Waals surface area (Å²) in [7, 11) is 1.33. The van der Waals surface area contributed by atoms with Crippen LogP contribution in [-0.4, -0.2) is 19.6 Å². The number of nitrogens with one attached hydrogen (secondary N) is 1. The van der Waals surface area contributed by atoms with E-state index >= 15 is 0 Å². The zero-order valence-electron chi connectivity index (χ0n) is 15.3. The Morgan fingerprint density at radius 1 is 1.00 bits per heavy atom. The fourth-order valence-corrected chi connectivity index (χ4v) is 2.59. The molecule has 26 heavy (non-hydrogen) atoms. The SMILES string of the molecule is COc1cccc(C(=O)NC(C)c2ccc(C(C)C)cc2)c1OC(F)F. The fourth-order valence-electron chi connectivity index (χ4n) is 2.59. The van der Waals surface area contributed by atoms with Gasteiger partial charge in [0, 0.05) is 0 Å². The molecule has 4 nitrogen and oxygen atoms in total. The summed E-state index contributed by atoms with van der Waals surface area (Å²) in [6, 6.07) is 12.1. The largest absolute Gasteiger partial charge is 0.493 e. The van der Waals surface area contributed by atoms with Crippen LogP contribution in [0.4, 0.5) is 8.78 Å². The van der Waals surface area contributed by atoms with Crippen molar-refractivity contribution in [1.82, 2.24) is 5.32 Å². The quantitative estimate of drug-likeness (QED) is 0.760. The summed E-state index contributed by atoms with van der Waals surface area (Å²) in [5.74, 6) is -0.295. The van der Waals surface area contributed by atoms with Gasteiger partial charge in [0.25, 0.3) is 5.91 Å². The molecule has 0 aliphatic rings. The molecule has 0 aromatic heterocycles. The molecule has 140 valence electrons. The van der Waals surface area contributed by atoms with Crippen LogP contribution in [0.15, 0.2) is 42.5 Å². The number of hydrogen-bond donors (Lipinski definition) is 1. The smallest absolute Gasteiger partial charge is 0.387 e. The number of amides is 1. The van der Waals surface area contributed by atoms with Gasteiger partial charge in [0.2, 0.25) is 0 Å². The molecule has 0 aliphatic heterocycles. The van der Waals surface area contributed by atoms with Crippen molar-refractivity contribution in [2.75, 3.05) is 7.11 Å². The van der Waals surface area contributed by atoms with Gasteiger partial charge in [-0.1, -0.05) is 44.2 Å². The summed E-state index contributed by atoms with van der Waals surface area (Å²) in [5, 5.41) is 2.81. The molecule has 0 saturated heterocycles. The molecule has 0 fully saturated rings. The van der Waals surface area contributed by atoms with Gasteiger partial charge < -0.3 is 14.8 Å². The lowest BCUT2D eigenvalue weighted by molar-refractivity contribution is -0.0515. The Hall–Kier alpha value is -2.63. The fraction of sp³-hybridized carbons (Fsp3) is 0.350. The van der Waals surface area contributed by atoms with Crippen molar-refractivity contribution in [3.8, 4) is 11.5 Å². The van der Waals surface area contributed by atoms with Gasteiger partial charge in [0.15, 0.2) is 11.5 Å². The Labute approximate surface area is 152 Å². The maximum absolute atomic E-state index is 12.7. The second kappa shape index (κ2) is 8.65. The molecule has 1 N–H and O–H groups in total. The van der Waals surface area contributed by atoms with Crippen LogP contribution < -0.4 is 14.8 Å². The molecule has 1 amide bonds. The number of benzene rings is 2. The van der Waals surface area contributed by atoms with Crippen molar-refractivity contribution >= 4 is 5.91 Å². The second-order valence-electron chi connectivity index (χ2n) is 6.23.